The fourth-order valence-corrected chi connectivity index (χ4v) is 3.04. The molecule has 1 N–H and O–H groups in total. The molecule has 3 heteroatoms. The van der Waals surface area contributed by atoms with Gasteiger partial charge in [-0.25, -0.2) is 4.98 Å². The summed E-state index contributed by atoms with van der Waals surface area (Å²) in [5.41, 5.74) is 0. The van der Waals surface area contributed by atoms with E-state index in [1.54, 1.807) is 0 Å². The molecule has 1 saturated carbocycles. The first kappa shape index (κ1) is 14.4. The maximum Gasteiger partial charge on any atom is 0.203 e. The average Bonchev–Trinajstić information content (AvgIpc) is 2.88. The van der Waals surface area contributed by atoms with Crippen LogP contribution in [0.4, 0.5) is 5.95 Å². The fourth-order valence-electron chi connectivity index (χ4n) is 3.04. The van der Waals surface area contributed by atoms with E-state index in [9.17, 15) is 0 Å². The Hall–Kier alpha value is -0.990. The Morgan fingerprint density at radius 1 is 1.32 bits per heavy atom. The number of rotatable bonds is 7. The van der Waals surface area contributed by atoms with Gasteiger partial charge in [0.15, 0.2) is 0 Å². The monoisotopic (exact) mass is 263 g/mol. The minimum Gasteiger partial charge on any atom is -0.353 e. The highest BCUT2D eigenvalue weighted by Gasteiger charge is 2.16. The number of nitrogens with one attached hydrogen (secondary N) is 1. The molecule has 1 unspecified atom stereocenters. The van der Waals surface area contributed by atoms with E-state index in [4.69, 9.17) is 0 Å². The van der Waals surface area contributed by atoms with Crippen LogP contribution in [0.3, 0.4) is 0 Å². The molecule has 19 heavy (non-hydrogen) atoms. The molecule has 1 aromatic heterocycles. The molecule has 1 atom stereocenters. The van der Waals surface area contributed by atoms with Crippen molar-refractivity contribution in [2.45, 2.75) is 83.7 Å². The SMILES string of the molecule is CCCCCC(C)n1ccnc1NC1CCCCC1. The highest BCUT2D eigenvalue weighted by Crippen LogP contribution is 2.24. The van der Waals surface area contributed by atoms with Gasteiger partial charge < -0.3 is 9.88 Å². The predicted molar refractivity (Wildman–Crippen MR) is 81.6 cm³/mol. The zero-order chi connectivity index (χ0) is 13.5. The fraction of sp³-hybridized carbons (Fsp3) is 0.812. The normalized spacial score (nSPS) is 18.4. The van der Waals surface area contributed by atoms with Gasteiger partial charge in [0.25, 0.3) is 0 Å². The lowest BCUT2D eigenvalue weighted by molar-refractivity contribution is 0.448. The van der Waals surface area contributed by atoms with Gasteiger partial charge in [-0.2, -0.15) is 0 Å². The van der Waals surface area contributed by atoms with Crippen LogP contribution in [-0.4, -0.2) is 15.6 Å². The van der Waals surface area contributed by atoms with Crippen molar-refractivity contribution in [1.29, 1.82) is 0 Å². The van der Waals surface area contributed by atoms with Crippen LogP contribution in [-0.2, 0) is 0 Å². The molecule has 1 heterocycles. The zero-order valence-electron chi connectivity index (χ0n) is 12.6. The summed E-state index contributed by atoms with van der Waals surface area (Å²) in [6, 6.07) is 1.19. The summed E-state index contributed by atoms with van der Waals surface area (Å²) in [6.45, 7) is 4.57. The van der Waals surface area contributed by atoms with Crippen molar-refractivity contribution in [2.24, 2.45) is 0 Å². The van der Waals surface area contributed by atoms with E-state index in [0.29, 0.717) is 12.1 Å². The Kier molecular flexibility index (Phi) is 5.74. The molecule has 0 aliphatic heterocycles. The molecule has 0 radical (unpaired) electrons. The first-order valence-corrected chi connectivity index (χ1v) is 8.10. The second kappa shape index (κ2) is 7.56. The van der Waals surface area contributed by atoms with Crippen LogP contribution < -0.4 is 5.32 Å². The Balaban J connectivity index is 1.88. The minimum absolute atomic E-state index is 0.556. The lowest BCUT2D eigenvalue weighted by Crippen LogP contribution is -2.24. The first-order chi connectivity index (χ1) is 9.31. The molecule has 1 aliphatic carbocycles. The van der Waals surface area contributed by atoms with Crippen LogP contribution in [0.15, 0.2) is 12.4 Å². The molecular formula is C16H29N3. The van der Waals surface area contributed by atoms with Gasteiger partial charge in [0.1, 0.15) is 0 Å². The molecule has 3 nitrogen and oxygen atoms in total. The second-order valence-electron chi connectivity index (χ2n) is 5.98. The van der Waals surface area contributed by atoms with E-state index in [-0.39, 0.29) is 0 Å². The predicted octanol–water partition coefficient (Wildman–Crippen LogP) is 4.77. The highest BCUT2D eigenvalue weighted by molar-refractivity contribution is 5.28. The number of nitrogens with zero attached hydrogens (tertiary/aromatic N) is 2. The van der Waals surface area contributed by atoms with Gasteiger partial charge in [-0.1, -0.05) is 45.4 Å². The molecular weight excluding hydrogens is 234 g/mol. The lowest BCUT2D eigenvalue weighted by atomic mass is 9.96. The third-order valence-corrected chi connectivity index (χ3v) is 4.31. The van der Waals surface area contributed by atoms with Crippen LogP contribution >= 0.6 is 0 Å². The van der Waals surface area contributed by atoms with Crippen molar-refractivity contribution >= 4 is 5.95 Å². The van der Waals surface area contributed by atoms with Crippen molar-refractivity contribution in [3.8, 4) is 0 Å². The van der Waals surface area contributed by atoms with E-state index in [2.05, 4.69) is 34.9 Å². The van der Waals surface area contributed by atoms with Gasteiger partial charge in [-0.15, -0.1) is 0 Å². The molecule has 0 amide bonds. The average molecular weight is 263 g/mol. The smallest absolute Gasteiger partial charge is 0.203 e. The third kappa shape index (κ3) is 4.26. The summed E-state index contributed by atoms with van der Waals surface area (Å²) in [5.74, 6) is 1.08. The highest BCUT2D eigenvalue weighted by atomic mass is 15.2. The van der Waals surface area contributed by atoms with Crippen molar-refractivity contribution in [1.82, 2.24) is 9.55 Å². The number of aromatic nitrogens is 2. The first-order valence-electron chi connectivity index (χ1n) is 8.10. The van der Waals surface area contributed by atoms with Crippen LogP contribution in [0.2, 0.25) is 0 Å². The maximum absolute atomic E-state index is 4.51. The van der Waals surface area contributed by atoms with Crippen LogP contribution in [0.5, 0.6) is 0 Å². The Morgan fingerprint density at radius 3 is 2.84 bits per heavy atom. The van der Waals surface area contributed by atoms with E-state index in [1.807, 2.05) is 6.20 Å². The Morgan fingerprint density at radius 2 is 2.11 bits per heavy atom. The largest absolute Gasteiger partial charge is 0.353 e. The quantitative estimate of drug-likeness (QED) is 0.718. The van der Waals surface area contributed by atoms with Gasteiger partial charge in [0, 0.05) is 24.5 Å². The van der Waals surface area contributed by atoms with Gasteiger partial charge in [0.2, 0.25) is 5.95 Å². The van der Waals surface area contributed by atoms with E-state index in [1.165, 1.54) is 57.8 Å². The standard InChI is InChI=1S/C16H29N3/c1-3-4-6-9-14(2)19-13-12-17-16(19)18-15-10-7-5-8-11-15/h12-15H,3-11H2,1-2H3,(H,17,18). The summed E-state index contributed by atoms with van der Waals surface area (Å²) in [6.07, 6.45) is 16.0. The molecule has 0 aromatic carbocycles. The third-order valence-electron chi connectivity index (χ3n) is 4.31. The minimum atomic E-state index is 0.556. The summed E-state index contributed by atoms with van der Waals surface area (Å²) in [5, 5.41) is 3.65. The summed E-state index contributed by atoms with van der Waals surface area (Å²) in [7, 11) is 0. The van der Waals surface area contributed by atoms with Crippen molar-refractivity contribution < 1.29 is 0 Å². The van der Waals surface area contributed by atoms with Gasteiger partial charge in [-0.3, -0.25) is 0 Å². The summed E-state index contributed by atoms with van der Waals surface area (Å²) >= 11 is 0. The van der Waals surface area contributed by atoms with Crippen molar-refractivity contribution in [3.05, 3.63) is 12.4 Å². The van der Waals surface area contributed by atoms with Gasteiger partial charge in [-0.05, 0) is 26.2 Å². The zero-order valence-corrected chi connectivity index (χ0v) is 12.6. The van der Waals surface area contributed by atoms with Gasteiger partial charge >= 0.3 is 0 Å². The summed E-state index contributed by atoms with van der Waals surface area (Å²) in [4.78, 5) is 4.51. The maximum atomic E-state index is 4.51. The van der Waals surface area contributed by atoms with Crippen LogP contribution in [0.1, 0.15) is 77.7 Å². The molecule has 1 fully saturated rings. The van der Waals surface area contributed by atoms with Crippen LogP contribution in [0.25, 0.3) is 0 Å². The Labute approximate surface area is 117 Å². The second-order valence-corrected chi connectivity index (χ2v) is 5.98. The van der Waals surface area contributed by atoms with E-state index >= 15 is 0 Å². The molecule has 0 spiro atoms. The molecule has 0 saturated heterocycles. The molecule has 1 aromatic rings. The molecule has 2 rings (SSSR count). The van der Waals surface area contributed by atoms with Gasteiger partial charge in [0.05, 0.1) is 0 Å². The van der Waals surface area contributed by atoms with Crippen molar-refractivity contribution in [3.63, 3.8) is 0 Å². The Bertz CT molecular complexity index is 353. The van der Waals surface area contributed by atoms with Crippen molar-refractivity contribution in [2.75, 3.05) is 5.32 Å². The number of hydrogen-bond acceptors (Lipinski definition) is 2. The number of unbranched alkanes of at least 4 members (excludes halogenated alkanes) is 2. The molecule has 0 bridgehead atoms. The molecule has 1 aliphatic rings. The number of hydrogen-bond donors (Lipinski definition) is 1. The van der Waals surface area contributed by atoms with E-state index in [0.717, 1.165) is 5.95 Å². The topological polar surface area (TPSA) is 29.9 Å². The van der Waals surface area contributed by atoms with Crippen LogP contribution in [0, 0.1) is 0 Å². The lowest BCUT2D eigenvalue weighted by Gasteiger charge is -2.25. The summed E-state index contributed by atoms with van der Waals surface area (Å²) < 4.78 is 2.32. The molecule has 108 valence electrons. The van der Waals surface area contributed by atoms with E-state index < -0.39 is 0 Å². The number of anilines is 1. The number of imidazole rings is 1.